The number of allylic oxidation sites excluding steroid dienone is 1. The molecule has 2 aliphatic rings. The fourth-order valence-electron chi connectivity index (χ4n) is 3.81. The molecular weight excluding hydrogens is 276 g/mol. The molecule has 0 aliphatic heterocycles. The molecule has 0 aromatic heterocycles. The summed E-state index contributed by atoms with van der Waals surface area (Å²) in [5.41, 5.74) is 0.812. The van der Waals surface area contributed by atoms with E-state index in [1.807, 2.05) is 6.92 Å². The summed E-state index contributed by atoms with van der Waals surface area (Å²) in [5.74, 6) is 0.843. The van der Waals surface area contributed by atoms with Gasteiger partial charge in [0.1, 0.15) is 0 Å². The van der Waals surface area contributed by atoms with Crippen LogP contribution in [-0.4, -0.2) is 25.1 Å². The third-order valence-corrected chi connectivity index (χ3v) is 10.9. The molecule has 0 aromatic carbocycles. The van der Waals surface area contributed by atoms with E-state index < -0.39 is 13.9 Å². The van der Waals surface area contributed by atoms with Crippen molar-refractivity contribution < 1.29 is 9.53 Å². The molecule has 122 valence electrons. The van der Waals surface area contributed by atoms with Crippen molar-refractivity contribution in [2.24, 2.45) is 11.8 Å². The van der Waals surface area contributed by atoms with Gasteiger partial charge in [-0.05, 0) is 69.0 Å². The van der Waals surface area contributed by atoms with Crippen molar-refractivity contribution in [3.63, 3.8) is 0 Å². The second-order valence-electron chi connectivity index (χ2n) is 9.04. The van der Waals surface area contributed by atoms with Gasteiger partial charge in [0, 0.05) is 6.10 Å². The van der Waals surface area contributed by atoms with E-state index in [9.17, 15) is 5.11 Å². The maximum atomic E-state index is 10.7. The van der Waals surface area contributed by atoms with Crippen molar-refractivity contribution in [1.29, 1.82) is 0 Å². The van der Waals surface area contributed by atoms with Gasteiger partial charge < -0.3 is 9.53 Å². The number of hydrogen-bond donors (Lipinski definition) is 1. The van der Waals surface area contributed by atoms with Crippen molar-refractivity contribution in [3.8, 4) is 0 Å². The average Bonchev–Trinajstić information content (AvgIpc) is 2.50. The van der Waals surface area contributed by atoms with Crippen LogP contribution in [0, 0.1) is 11.8 Å². The average molecular weight is 311 g/mol. The second-order valence-corrected chi connectivity index (χ2v) is 13.8. The lowest BCUT2D eigenvalue weighted by molar-refractivity contribution is -0.00475. The lowest BCUT2D eigenvalue weighted by atomic mass is 9.82. The fourth-order valence-corrected chi connectivity index (χ4v) is 5.21. The van der Waals surface area contributed by atoms with E-state index in [1.165, 1.54) is 5.57 Å². The molecule has 3 heteroatoms. The van der Waals surface area contributed by atoms with E-state index in [-0.39, 0.29) is 5.04 Å². The largest absolute Gasteiger partial charge is 0.414 e. The Labute approximate surface area is 132 Å². The maximum Gasteiger partial charge on any atom is 0.192 e. The van der Waals surface area contributed by atoms with Gasteiger partial charge >= 0.3 is 0 Å². The molecule has 0 heterocycles. The highest BCUT2D eigenvalue weighted by molar-refractivity contribution is 6.74. The van der Waals surface area contributed by atoms with E-state index in [4.69, 9.17) is 4.43 Å². The molecule has 0 amide bonds. The third kappa shape index (κ3) is 3.46. The first kappa shape index (κ1) is 17.2. The molecule has 2 rings (SSSR count). The van der Waals surface area contributed by atoms with Gasteiger partial charge in [0.25, 0.3) is 0 Å². The van der Waals surface area contributed by atoms with Gasteiger partial charge in [-0.3, -0.25) is 0 Å². The van der Waals surface area contributed by atoms with Crippen LogP contribution in [0.15, 0.2) is 12.2 Å². The minimum atomic E-state index is -1.74. The Bertz CT molecular complexity index is 406. The number of hydrogen-bond acceptors (Lipinski definition) is 2. The minimum absolute atomic E-state index is 0.244. The van der Waals surface area contributed by atoms with Crippen LogP contribution in [0.25, 0.3) is 0 Å². The zero-order valence-corrected chi connectivity index (χ0v) is 15.8. The quantitative estimate of drug-likeness (QED) is 0.581. The lowest BCUT2D eigenvalue weighted by Gasteiger charge is -2.40. The van der Waals surface area contributed by atoms with Crippen molar-refractivity contribution >= 4 is 8.32 Å². The van der Waals surface area contributed by atoms with Crippen molar-refractivity contribution in [2.45, 2.75) is 89.6 Å². The van der Waals surface area contributed by atoms with Gasteiger partial charge in [0.15, 0.2) is 8.32 Å². The molecule has 0 saturated heterocycles. The predicted molar refractivity (Wildman–Crippen MR) is 91.9 cm³/mol. The van der Waals surface area contributed by atoms with Crippen molar-refractivity contribution in [1.82, 2.24) is 0 Å². The van der Waals surface area contributed by atoms with Crippen molar-refractivity contribution in [3.05, 3.63) is 12.2 Å². The summed E-state index contributed by atoms with van der Waals surface area (Å²) in [7, 11) is -1.74. The standard InChI is InChI=1S/C18H34O2Si/c1-13-8-9-14(20-21(6,7)17(2,3)4)12-16-15(13)10-11-18(16,5)19/h14-16,19H,1,8-12H2,2-7H3/t14?,15-,16+,18-/m1/s1. The smallest absolute Gasteiger partial charge is 0.192 e. The van der Waals surface area contributed by atoms with Gasteiger partial charge in [-0.15, -0.1) is 0 Å². The van der Waals surface area contributed by atoms with Crippen LogP contribution in [0.3, 0.4) is 0 Å². The predicted octanol–water partition coefficient (Wildman–Crippen LogP) is 4.89. The normalized spacial score (nSPS) is 38.2. The number of rotatable bonds is 2. The Morgan fingerprint density at radius 1 is 1.29 bits per heavy atom. The summed E-state index contributed by atoms with van der Waals surface area (Å²) >= 11 is 0. The molecule has 0 spiro atoms. The SMILES string of the molecule is C=C1CCC(O[Si](C)(C)C(C)(C)C)C[C@H]2[C@@H]1CC[C@@]2(C)O. The number of aliphatic hydroxyl groups is 1. The second kappa shape index (κ2) is 5.50. The van der Waals surface area contributed by atoms with Crippen LogP contribution in [0.4, 0.5) is 0 Å². The van der Waals surface area contributed by atoms with E-state index in [0.29, 0.717) is 17.9 Å². The molecular formula is C18H34O2Si. The summed E-state index contributed by atoms with van der Waals surface area (Å²) in [6.07, 6.45) is 5.45. The third-order valence-electron chi connectivity index (χ3n) is 6.34. The van der Waals surface area contributed by atoms with Crippen LogP contribution >= 0.6 is 0 Å². The summed E-state index contributed by atoms with van der Waals surface area (Å²) in [6, 6.07) is 0. The zero-order valence-electron chi connectivity index (χ0n) is 14.8. The van der Waals surface area contributed by atoms with Crippen LogP contribution in [-0.2, 0) is 4.43 Å². The Balaban J connectivity index is 2.14. The zero-order chi connectivity index (χ0) is 16.1. The first-order valence-corrected chi connectivity index (χ1v) is 11.4. The number of fused-ring (bicyclic) bond motifs is 1. The summed E-state index contributed by atoms with van der Waals surface area (Å²) < 4.78 is 6.66. The summed E-state index contributed by atoms with van der Waals surface area (Å²) in [4.78, 5) is 0. The van der Waals surface area contributed by atoms with Crippen LogP contribution < -0.4 is 0 Å². The molecule has 4 atom stereocenters. The van der Waals surface area contributed by atoms with Crippen LogP contribution in [0.1, 0.15) is 59.8 Å². The molecule has 2 saturated carbocycles. The fraction of sp³-hybridized carbons (Fsp3) is 0.889. The molecule has 1 unspecified atom stereocenters. The Morgan fingerprint density at radius 3 is 2.48 bits per heavy atom. The van der Waals surface area contributed by atoms with E-state index in [2.05, 4.69) is 40.4 Å². The Kier molecular flexibility index (Phi) is 4.52. The molecule has 0 radical (unpaired) electrons. The molecule has 0 aromatic rings. The molecule has 1 N–H and O–H groups in total. The molecule has 2 fully saturated rings. The molecule has 0 bridgehead atoms. The summed E-state index contributed by atoms with van der Waals surface area (Å²) in [6.45, 7) is 17.9. The van der Waals surface area contributed by atoms with Crippen LogP contribution in [0.5, 0.6) is 0 Å². The van der Waals surface area contributed by atoms with E-state index in [0.717, 1.165) is 32.1 Å². The van der Waals surface area contributed by atoms with Gasteiger partial charge in [0.05, 0.1) is 5.60 Å². The highest BCUT2D eigenvalue weighted by atomic mass is 28.4. The lowest BCUT2D eigenvalue weighted by Crippen LogP contribution is -2.45. The Hall–Kier alpha value is -0.123. The maximum absolute atomic E-state index is 10.7. The molecule has 2 aliphatic carbocycles. The first-order valence-electron chi connectivity index (χ1n) is 8.52. The molecule has 2 nitrogen and oxygen atoms in total. The van der Waals surface area contributed by atoms with E-state index in [1.54, 1.807) is 0 Å². The summed E-state index contributed by atoms with van der Waals surface area (Å²) in [5, 5.41) is 11.0. The van der Waals surface area contributed by atoms with Crippen molar-refractivity contribution in [2.75, 3.05) is 0 Å². The molecule has 21 heavy (non-hydrogen) atoms. The van der Waals surface area contributed by atoms with E-state index >= 15 is 0 Å². The van der Waals surface area contributed by atoms with Gasteiger partial charge in [-0.25, -0.2) is 0 Å². The monoisotopic (exact) mass is 310 g/mol. The first-order chi connectivity index (χ1) is 9.44. The van der Waals surface area contributed by atoms with Gasteiger partial charge in [-0.1, -0.05) is 32.9 Å². The van der Waals surface area contributed by atoms with Gasteiger partial charge in [0.2, 0.25) is 0 Å². The highest BCUT2D eigenvalue weighted by Gasteiger charge is 2.48. The Morgan fingerprint density at radius 2 is 1.90 bits per heavy atom. The minimum Gasteiger partial charge on any atom is -0.414 e. The highest BCUT2D eigenvalue weighted by Crippen LogP contribution is 2.50. The van der Waals surface area contributed by atoms with Gasteiger partial charge in [-0.2, -0.15) is 0 Å². The van der Waals surface area contributed by atoms with Crippen LogP contribution in [0.2, 0.25) is 18.1 Å². The topological polar surface area (TPSA) is 29.5 Å².